The molecule has 0 unspecified atom stereocenters. The number of hydrogen-bond donors (Lipinski definition) is 2. The molecule has 0 amide bonds. The monoisotopic (exact) mass is 322 g/mol. The van der Waals surface area contributed by atoms with Gasteiger partial charge >= 0.3 is 0 Å². The molecule has 2 rings (SSSR count). The Bertz CT molecular complexity index is 581. The van der Waals surface area contributed by atoms with Crippen LogP contribution in [0, 0.1) is 0 Å². The van der Waals surface area contributed by atoms with Gasteiger partial charge < -0.3 is 10.2 Å². The number of phenols is 2. The Hall–Kier alpha value is -2.14. The van der Waals surface area contributed by atoms with E-state index in [1.54, 1.807) is 24.3 Å². The van der Waals surface area contributed by atoms with Gasteiger partial charge in [-0.1, -0.05) is 24.3 Å². The standard InChI is InChI=1S/C7H5BrO2.C7H6O2/c8-7-5(4-9)2-1-3-6(7)10;8-5-6-2-1-3-7(9)4-6/h1-4,10H;1-5,9H. The first-order valence-electron chi connectivity index (χ1n) is 5.25. The Morgan fingerprint density at radius 3 is 2.11 bits per heavy atom. The second-order valence-electron chi connectivity index (χ2n) is 3.51. The molecule has 0 saturated carbocycles. The molecule has 0 fully saturated rings. The normalized spacial score (nSPS) is 9.11. The van der Waals surface area contributed by atoms with Crippen molar-refractivity contribution in [1.29, 1.82) is 0 Å². The van der Waals surface area contributed by atoms with Crippen LogP contribution < -0.4 is 0 Å². The van der Waals surface area contributed by atoms with Gasteiger partial charge in [0.05, 0.1) is 4.47 Å². The average molecular weight is 323 g/mol. The lowest BCUT2D eigenvalue weighted by atomic mass is 10.2. The number of benzene rings is 2. The number of aldehydes is 2. The highest BCUT2D eigenvalue weighted by molar-refractivity contribution is 9.10. The van der Waals surface area contributed by atoms with Gasteiger partial charge in [-0.2, -0.15) is 0 Å². The van der Waals surface area contributed by atoms with E-state index in [0.29, 0.717) is 28.2 Å². The van der Waals surface area contributed by atoms with E-state index in [9.17, 15) is 9.59 Å². The molecule has 19 heavy (non-hydrogen) atoms. The van der Waals surface area contributed by atoms with Crippen molar-refractivity contribution in [3.8, 4) is 11.5 Å². The van der Waals surface area contributed by atoms with E-state index in [1.807, 2.05) is 0 Å². The topological polar surface area (TPSA) is 74.6 Å². The van der Waals surface area contributed by atoms with Crippen LogP contribution in [-0.4, -0.2) is 22.8 Å². The molecule has 2 aromatic rings. The largest absolute Gasteiger partial charge is 0.508 e. The van der Waals surface area contributed by atoms with Crippen molar-refractivity contribution in [3.05, 3.63) is 58.1 Å². The number of aromatic hydroxyl groups is 2. The first kappa shape index (κ1) is 14.9. The Balaban J connectivity index is 0.000000191. The molecule has 0 aliphatic carbocycles. The molecule has 0 aliphatic rings. The average Bonchev–Trinajstić information content (AvgIpc) is 2.42. The third kappa shape index (κ3) is 4.56. The highest BCUT2D eigenvalue weighted by Gasteiger charge is 2.00. The van der Waals surface area contributed by atoms with Crippen LogP contribution in [0.2, 0.25) is 0 Å². The Labute approximate surface area is 118 Å². The summed E-state index contributed by atoms with van der Waals surface area (Å²) in [6.45, 7) is 0. The van der Waals surface area contributed by atoms with E-state index >= 15 is 0 Å². The Morgan fingerprint density at radius 2 is 1.63 bits per heavy atom. The molecule has 0 spiro atoms. The van der Waals surface area contributed by atoms with Crippen LogP contribution in [-0.2, 0) is 0 Å². The van der Waals surface area contributed by atoms with Crippen LogP contribution >= 0.6 is 15.9 Å². The highest BCUT2D eigenvalue weighted by atomic mass is 79.9. The molecular weight excluding hydrogens is 312 g/mol. The van der Waals surface area contributed by atoms with E-state index in [4.69, 9.17) is 10.2 Å². The van der Waals surface area contributed by atoms with Crippen LogP contribution in [0.15, 0.2) is 46.9 Å². The van der Waals surface area contributed by atoms with Gasteiger partial charge in [-0.3, -0.25) is 9.59 Å². The second-order valence-corrected chi connectivity index (χ2v) is 4.30. The summed E-state index contributed by atoms with van der Waals surface area (Å²) in [5, 5.41) is 17.8. The summed E-state index contributed by atoms with van der Waals surface area (Å²) < 4.78 is 0.449. The molecule has 0 aromatic heterocycles. The molecule has 2 N–H and O–H groups in total. The van der Waals surface area contributed by atoms with Crippen molar-refractivity contribution in [2.75, 3.05) is 0 Å². The van der Waals surface area contributed by atoms with Gasteiger partial charge in [0.2, 0.25) is 0 Å². The molecule has 2 aromatic carbocycles. The fourth-order valence-corrected chi connectivity index (χ4v) is 1.58. The fraction of sp³-hybridized carbons (Fsp3) is 0. The molecule has 4 nitrogen and oxygen atoms in total. The van der Waals surface area contributed by atoms with Crippen molar-refractivity contribution in [2.45, 2.75) is 0 Å². The van der Waals surface area contributed by atoms with Gasteiger partial charge in [-0.15, -0.1) is 0 Å². The lowest BCUT2D eigenvalue weighted by Crippen LogP contribution is -1.80. The number of halogens is 1. The van der Waals surface area contributed by atoms with E-state index in [-0.39, 0.29) is 11.5 Å². The third-order valence-corrected chi connectivity index (χ3v) is 3.01. The van der Waals surface area contributed by atoms with Gasteiger partial charge in [0.25, 0.3) is 0 Å². The van der Waals surface area contributed by atoms with Gasteiger partial charge in [0.15, 0.2) is 6.29 Å². The number of rotatable bonds is 2. The molecule has 0 atom stereocenters. The highest BCUT2D eigenvalue weighted by Crippen LogP contribution is 2.25. The molecule has 5 heteroatoms. The smallest absolute Gasteiger partial charge is 0.151 e. The van der Waals surface area contributed by atoms with Gasteiger partial charge in [-0.05, 0) is 34.1 Å². The van der Waals surface area contributed by atoms with Crippen LogP contribution in [0.4, 0.5) is 0 Å². The van der Waals surface area contributed by atoms with Crippen molar-refractivity contribution < 1.29 is 19.8 Å². The fourth-order valence-electron chi connectivity index (χ4n) is 1.23. The molecule has 0 aliphatic heterocycles. The number of hydrogen-bond acceptors (Lipinski definition) is 4. The maximum absolute atomic E-state index is 10.2. The Morgan fingerprint density at radius 1 is 0.947 bits per heavy atom. The van der Waals surface area contributed by atoms with Gasteiger partial charge in [0.1, 0.15) is 17.8 Å². The zero-order valence-corrected chi connectivity index (χ0v) is 11.4. The van der Waals surface area contributed by atoms with E-state index < -0.39 is 0 Å². The van der Waals surface area contributed by atoms with Gasteiger partial charge in [0, 0.05) is 11.1 Å². The zero-order chi connectivity index (χ0) is 14.3. The maximum atomic E-state index is 10.2. The van der Waals surface area contributed by atoms with Gasteiger partial charge in [-0.25, -0.2) is 0 Å². The molecule has 0 bridgehead atoms. The van der Waals surface area contributed by atoms with Crippen LogP contribution in [0.1, 0.15) is 20.7 Å². The van der Waals surface area contributed by atoms with Crippen molar-refractivity contribution in [1.82, 2.24) is 0 Å². The minimum Gasteiger partial charge on any atom is -0.508 e. The van der Waals surface area contributed by atoms with E-state index in [1.165, 1.54) is 18.2 Å². The van der Waals surface area contributed by atoms with Crippen molar-refractivity contribution in [2.24, 2.45) is 0 Å². The predicted octanol–water partition coefficient (Wildman–Crippen LogP) is 3.17. The second kappa shape index (κ2) is 7.33. The number of carbonyl (C=O) groups is 2. The molecular formula is C14H11BrO4. The summed E-state index contributed by atoms with van der Waals surface area (Å²) in [4.78, 5) is 20.3. The molecule has 0 saturated heterocycles. The van der Waals surface area contributed by atoms with Crippen molar-refractivity contribution in [3.63, 3.8) is 0 Å². The quantitative estimate of drug-likeness (QED) is 0.833. The summed E-state index contributed by atoms with van der Waals surface area (Å²) >= 11 is 3.06. The summed E-state index contributed by atoms with van der Waals surface area (Å²) in [5.41, 5.74) is 0.954. The lowest BCUT2D eigenvalue weighted by molar-refractivity contribution is 0.111. The summed E-state index contributed by atoms with van der Waals surface area (Å²) in [6, 6.07) is 10.9. The minimum absolute atomic E-state index is 0.0876. The molecule has 98 valence electrons. The number of phenolic OH excluding ortho intramolecular Hbond substituents is 2. The van der Waals surface area contributed by atoms with E-state index in [2.05, 4.69) is 15.9 Å². The minimum atomic E-state index is 0.0876. The lowest BCUT2D eigenvalue weighted by Gasteiger charge is -1.96. The van der Waals surface area contributed by atoms with Crippen molar-refractivity contribution >= 4 is 28.5 Å². The van der Waals surface area contributed by atoms with Crippen LogP contribution in [0.25, 0.3) is 0 Å². The summed E-state index contributed by atoms with van der Waals surface area (Å²) in [5.74, 6) is 0.212. The predicted molar refractivity (Wildman–Crippen MR) is 74.7 cm³/mol. The summed E-state index contributed by atoms with van der Waals surface area (Å²) in [6.07, 6.45) is 1.38. The first-order chi connectivity index (χ1) is 9.08. The first-order valence-corrected chi connectivity index (χ1v) is 6.04. The van der Waals surface area contributed by atoms with E-state index in [0.717, 1.165) is 0 Å². The molecule has 0 heterocycles. The van der Waals surface area contributed by atoms with Crippen LogP contribution in [0.3, 0.4) is 0 Å². The summed E-state index contributed by atoms with van der Waals surface area (Å²) in [7, 11) is 0. The third-order valence-electron chi connectivity index (χ3n) is 2.14. The van der Waals surface area contributed by atoms with Crippen LogP contribution in [0.5, 0.6) is 11.5 Å². The Kier molecular flexibility index (Phi) is 5.75. The number of carbonyl (C=O) groups excluding carboxylic acids is 2. The molecule has 0 radical (unpaired) electrons. The maximum Gasteiger partial charge on any atom is 0.151 e. The zero-order valence-electron chi connectivity index (χ0n) is 9.79. The SMILES string of the molecule is O=Cc1cccc(O)c1.O=Cc1cccc(O)c1Br.